The quantitative estimate of drug-likeness (QED) is 0.394. The molecule has 8 nitrogen and oxygen atoms in total. The van der Waals surface area contributed by atoms with Gasteiger partial charge in [0, 0.05) is 30.8 Å². The van der Waals surface area contributed by atoms with Gasteiger partial charge in [-0.15, -0.1) is 0 Å². The van der Waals surface area contributed by atoms with Gasteiger partial charge in [0.05, 0.1) is 17.4 Å². The first-order valence-electron chi connectivity index (χ1n) is 14.0. The van der Waals surface area contributed by atoms with Gasteiger partial charge in [0.25, 0.3) is 0 Å². The summed E-state index contributed by atoms with van der Waals surface area (Å²) in [4.78, 5) is 42.5. The molecule has 0 radical (unpaired) electrons. The third-order valence-corrected chi connectivity index (χ3v) is 8.59. The largest absolute Gasteiger partial charge is 0.457 e. The molecule has 2 amide bonds. The molecule has 4 aliphatic rings. The second-order valence-electron chi connectivity index (χ2n) is 11.7. The van der Waals surface area contributed by atoms with Crippen molar-refractivity contribution in [2.45, 2.75) is 76.6 Å². The number of carbonyl (C=O) groups excluding carboxylic acids is 3. The lowest BCUT2D eigenvalue weighted by atomic mass is 9.93. The number of amides is 2. The highest BCUT2D eigenvalue weighted by atomic mass is 16.8. The van der Waals surface area contributed by atoms with E-state index in [9.17, 15) is 14.4 Å². The van der Waals surface area contributed by atoms with Crippen LogP contribution in [0, 0.1) is 11.8 Å². The SMILES string of the molecule is CC1CC(=O)N(c2ccccc2C(=O)OC2CN(CCCc3ccccc3)C3CC2C2OC(C)(C)OC23)C1=O. The predicted octanol–water partition coefficient (Wildman–Crippen LogP) is 3.97. The smallest absolute Gasteiger partial charge is 0.340 e. The van der Waals surface area contributed by atoms with Crippen molar-refractivity contribution in [3.63, 3.8) is 0 Å². The van der Waals surface area contributed by atoms with Crippen molar-refractivity contribution in [1.29, 1.82) is 0 Å². The fraction of sp³-hybridized carbons (Fsp3) is 0.516. The second-order valence-corrected chi connectivity index (χ2v) is 11.7. The zero-order valence-electron chi connectivity index (χ0n) is 22.7. The summed E-state index contributed by atoms with van der Waals surface area (Å²) in [5.41, 5.74) is 1.82. The number of benzene rings is 2. The lowest BCUT2D eigenvalue weighted by Crippen LogP contribution is -2.51. The molecular weight excluding hydrogens is 496 g/mol. The molecule has 2 bridgehead atoms. The summed E-state index contributed by atoms with van der Waals surface area (Å²) in [6, 6.07) is 17.4. The van der Waals surface area contributed by atoms with Crippen molar-refractivity contribution >= 4 is 23.5 Å². The number of aryl methyl sites for hydroxylation is 1. The Bertz CT molecular complexity index is 1260. The maximum absolute atomic E-state index is 13.6. The first kappa shape index (κ1) is 26.2. The number of hydrogen-bond donors (Lipinski definition) is 0. The van der Waals surface area contributed by atoms with Gasteiger partial charge in [0.1, 0.15) is 12.2 Å². The van der Waals surface area contributed by atoms with E-state index in [1.165, 1.54) is 5.56 Å². The number of carbonyl (C=O) groups is 3. The molecule has 3 saturated heterocycles. The van der Waals surface area contributed by atoms with Crippen LogP contribution in [0.3, 0.4) is 0 Å². The van der Waals surface area contributed by atoms with E-state index in [2.05, 4.69) is 29.2 Å². The fourth-order valence-electron chi connectivity index (χ4n) is 6.81. The standard InChI is InChI=1S/C31H36N2O6/c1-19-16-26(34)33(29(19)35)23-14-8-7-13-21(23)30(36)37-25-18-32(15-9-12-20-10-5-4-6-11-20)24-17-22(25)27-28(24)39-31(2,3)38-27/h4-8,10-11,13-14,19,22,24-25,27-28H,9,12,15-18H2,1-3H3. The Balaban J connectivity index is 1.22. The van der Waals surface area contributed by atoms with E-state index in [0.717, 1.165) is 30.7 Å². The Kier molecular flexibility index (Phi) is 6.81. The molecule has 2 aromatic carbocycles. The summed E-state index contributed by atoms with van der Waals surface area (Å²) >= 11 is 0. The molecule has 0 aromatic heterocycles. The van der Waals surface area contributed by atoms with E-state index in [-0.39, 0.29) is 48.0 Å². The van der Waals surface area contributed by atoms with Crippen LogP contribution in [0.15, 0.2) is 54.6 Å². The van der Waals surface area contributed by atoms with E-state index in [4.69, 9.17) is 14.2 Å². The maximum atomic E-state index is 13.6. The number of rotatable bonds is 7. The summed E-state index contributed by atoms with van der Waals surface area (Å²) in [6.07, 6.45) is 2.31. The van der Waals surface area contributed by atoms with Crippen LogP contribution < -0.4 is 4.90 Å². The van der Waals surface area contributed by atoms with Crippen LogP contribution in [0.25, 0.3) is 0 Å². The summed E-state index contributed by atoms with van der Waals surface area (Å²) in [5, 5.41) is 0. The number of anilines is 1. The highest BCUT2D eigenvalue weighted by Crippen LogP contribution is 2.48. The van der Waals surface area contributed by atoms with E-state index >= 15 is 0 Å². The number of likely N-dealkylation sites (tertiary alicyclic amines) is 1. The third kappa shape index (κ3) is 4.90. The Morgan fingerprint density at radius 2 is 1.74 bits per heavy atom. The third-order valence-electron chi connectivity index (χ3n) is 8.59. The molecule has 6 unspecified atom stereocenters. The van der Waals surface area contributed by atoms with Gasteiger partial charge in [-0.3, -0.25) is 14.5 Å². The average molecular weight is 533 g/mol. The number of para-hydroxylation sites is 1. The Hall–Kier alpha value is -3.07. The number of piperidine rings is 1. The van der Waals surface area contributed by atoms with Crippen LogP contribution in [0.1, 0.15) is 56.0 Å². The zero-order chi connectivity index (χ0) is 27.3. The molecule has 1 aliphatic carbocycles. The topological polar surface area (TPSA) is 85.4 Å². The minimum Gasteiger partial charge on any atom is -0.457 e. The number of esters is 1. The van der Waals surface area contributed by atoms with Gasteiger partial charge in [-0.05, 0) is 57.4 Å². The van der Waals surface area contributed by atoms with Crippen LogP contribution in [0.2, 0.25) is 0 Å². The van der Waals surface area contributed by atoms with Gasteiger partial charge >= 0.3 is 5.97 Å². The van der Waals surface area contributed by atoms with Gasteiger partial charge in [-0.25, -0.2) is 9.69 Å². The highest BCUT2D eigenvalue weighted by molar-refractivity contribution is 6.22. The Labute approximate surface area is 229 Å². The Morgan fingerprint density at radius 3 is 2.49 bits per heavy atom. The van der Waals surface area contributed by atoms with Gasteiger partial charge in [0.15, 0.2) is 5.79 Å². The molecule has 3 heterocycles. The number of nitrogens with zero attached hydrogens (tertiary/aromatic N) is 2. The first-order chi connectivity index (χ1) is 18.7. The monoisotopic (exact) mass is 532 g/mol. The lowest BCUT2D eigenvalue weighted by molar-refractivity contribution is -0.175. The van der Waals surface area contributed by atoms with Crippen molar-refractivity contribution < 1.29 is 28.6 Å². The molecule has 8 heteroatoms. The molecule has 0 N–H and O–H groups in total. The van der Waals surface area contributed by atoms with Crippen molar-refractivity contribution in [3.8, 4) is 0 Å². The van der Waals surface area contributed by atoms with E-state index in [0.29, 0.717) is 12.2 Å². The predicted molar refractivity (Wildman–Crippen MR) is 144 cm³/mol. The van der Waals surface area contributed by atoms with Crippen molar-refractivity contribution in [1.82, 2.24) is 4.90 Å². The minimum absolute atomic E-state index is 0.0123. The van der Waals surface area contributed by atoms with Crippen molar-refractivity contribution in [3.05, 3.63) is 65.7 Å². The summed E-state index contributed by atoms with van der Waals surface area (Å²) in [5.74, 6) is -2.19. The first-order valence-corrected chi connectivity index (χ1v) is 14.0. The molecule has 1 saturated carbocycles. The second kappa shape index (κ2) is 10.2. The fourth-order valence-corrected chi connectivity index (χ4v) is 6.81. The molecule has 6 atom stereocenters. The Morgan fingerprint density at radius 1 is 1.03 bits per heavy atom. The van der Waals surface area contributed by atoms with Gasteiger partial charge < -0.3 is 14.2 Å². The van der Waals surface area contributed by atoms with E-state index in [1.807, 2.05) is 19.9 Å². The average Bonchev–Trinajstić information content (AvgIpc) is 3.48. The lowest BCUT2D eigenvalue weighted by Gasteiger charge is -2.40. The van der Waals surface area contributed by atoms with Crippen molar-refractivity contribution in [2.24, 2.45) is 11.8 Å². The molecule has 6 rings (SSSR count). The summed E-state index contributed by atoms with van der Waals surface area (Å²) in [6.45, 7) is 7.05. The normalized spacial score (nSPS) is 31.5. The highest BCUT2D eigenvalue weighted by Gasteiger charge is 2.60. The van der Waals surface area contributed by atoms with Gasteiger partial charge in [-0.1, -0.05) is 49.4 Å². The molecule has 39 heavy (non-hydrogen) atoms. The van der Waals surface area contributed by atoms with Crippen LogP contribution in [0.4, 0.5) is 5.69 Å². The van der Waals surface area contributed by atoms with Crippen LogP contribution >= 0.6 is 0 Å². The molecular formula is C31H36N2O6. The van der Waals surface area contributed by atoms with Crippen LogP contribution in [-0.4, -0.2) is 65.9 Å². The molecule has 206 valence electrons. The summed E-state index contributed by atoms with van der Waals surface area (Å²) < 4.78 is 18.9. The number of imide groups is 1. The molecule has 4 fully saturated rings. The minimum atomic E-state index is -0.687. The van der Waals surface area contributed by atoms with E-state index < -0.39 is 23.8 Å². The maximum Gasteiger partial charge on any atom is 0.340 e. The molecule has 3 aliphatic heterocycles. The summed E-state index contributed by atoms with van der Waals surface area (Å²) in [7, 11) is 0. The van der Waals surface area contributed by atoms with Crippen LogP contribution in [-0.2, 0) is 30.2 Å². The van der Waals surface area contributed by atoms with Crippen LogP contribution in [0.5, 0.6) is 0 Å². The van der Waals surface area contributed by atoms with E-state index in [1.54, 1.807) is 31.2 Å². The van der Waals surface area contributed by atoms with Gasteiger partial charge in [0.2, 0.25) is 11.8 Å². The number of hydrogen-bond acceptors (Lipinski definition) is 7. The van der Waals surface area contributed by atoms with Crippen molar-refractivity contribution in [2.75, 3.05) is 18.0 Å². The zero-order valence-corrected chi connectivity index (χ0v) is 22.7. The molecule has 0 spiro atoms. The number of ether oxygens (including phenoxy) is 3. The molecule has 2 aromatic rings. The van der Waals surface area contributed by atoms with Gasteiger partial charge in [-0.2, -0.15) is 0 Å². The number of fused-ring (bicyclic) bond motifs is 5.